The highest BCUT2D eigenvalue weighted by Gasteiger charge is 2.43. The van der Waals surface area contributed by atoms with E-state index >= 15 is 0 Å². The van der Waals surface area contributed by atoms with E-state index in [0.717, 1.165) is 37.6 Å². The largest absolute Gasteiger partial charge is 0.325 e. The highest BCUT2D eigenvalue weighted by Crippen LogP contribution is 2.39. The first-order valence-electron chi connectivity index (χ1n) is 8.29. The van der Waals surface area contributed by atoms with Crippen molar-refractivity contribution in [2.24, 2.45) is 11.8 Å². The maximum atomic E-state index is 12.7. The summed E-state index contributed by atoms with van der Waals surface area (Å²) >= 11 is 0. The van der Waals surface area contributed by atoms with Crippen molar-refractivity contribution in [2.45, 2.75) is 51.7 Å². The smallest absolute Gasteiger partial charge is 0.241 e. The summed E-state index contributed by atoms with van der Waals surface area (Å²) in [7, 11) is 0. The van der Waals surface area contributed by atoms with Gasteiger partial charge in [-0.2, -0.15) is 0 Å². The van der Waals surface area contributed by atoms with Crippen LogP contribution in [0.2, 0.25) is 0 Å². The van der Waals surface area contributed by atoms with Crippen LogP contribution in [0.5, 0.6) is 0 Å². The molecule has 114 valence electrons. The van der Waals surface area contributed by atoms with Gasteiger partial charge in [0.15, 0.2) is 0 Å². The van der Waals surface area contributed by atoms with Gasteiger partial charge >= 0.3 is 0 Å². The molecule has 2 aliphatic rings. The molecule has 1 aromatic rings. The van der Waals surface area contributed by atoms with Crippen LogP contribution in [0.1, 0.15) is 38.7 Å². The van der Waals surface area contributed by atoms with Gasteiger partial charge < -0.3 is 4.90 Å². The van der Waals surface area contributed by atoms with Gasteiger partial charge in [0.05, 0.1) is 12.2 Å². The average Bonchev–Trinajstić information content (AvgIpc) is 3.11. The molecule has 1 N–H and O–H groups in total. The molecule has 3 nitrogen and oxygen atoms in total. The van der Waals surface area contributed by atoms with Crippen molar-refractivity contribution in [3.63, 3.8) is 0 Å². The zero-order valence-electron chi connectivity index (χ0n) is 13.1. The number of hydrogen-bond acceptors (Lipinski definition) is 2. The highest BCUT2D eigenvalue weighted by molar-refractivity contribution is 5.84. The van der Waals surface area contributed by atoms with Crippen LogP contribution in [-0.2, 0) is 11.2 Å². The summed E-state index contributed by atoms with van der Waals surface area (Å²) in [6, 6.07) is 10.3. The second-order valence-electron chi connectivity index (χ2n) is 6.68. The van der Waals surface area contributed by atoms with Gasteiger partial charge in [0.25, 0.3) is 0 Å². The topological polar surface area (TPSA) is 32.3 Å². The minimum absolute atomic E-state index is 0.0435. The Kier molecular flexibility index (Phi) is 4.29. The number of nitrogens with zero attached hydrogens (tertiary/aromatic N) is 1. The van der Waals surface area contributed by atoms with Gasteiger partial charge in [-0.25, -0.2) is 0 Å². The Labute approximate surface area is 127 Å². The highest BCUT2D eigenvalue weighted by atomic mass is 16.2. The Hall–Kier alpha value is -1.35. The van der Waals surface area contributed by atoms with E-state index in [1.165, 1.54) is 12.0 Å². The van der Waals surface area contributed by atoms with Gasteiger partial charge in [0.2, 0.25) is 5.91 Å². The summed E-state index contributed by atoms with van der Waals surface area (Å²) in [6.07, 6.45) is 4.49. The number of carbonyl (C=O) groups is 1. The molecule has 4 atom stereocenters. The van der Waals surface area contributed by atoms with E-state index in [9.17, 15) is 4.79 Å². The third-order valence-electron chi connectivity index (χ3n) is 4.90. The van der Waals surface area contributed by atoms with Gasteiger partial charge in [-0.3, -0.25) is 10.1 Å². The summed E-state index contributed by atoms with van der Waals surface area (Å²) in [4.78, 5) is 14.8. The third-order valence-corrected chi connectivity index (χ3v) is 4.90. The molecule has 0 aromatic heterocycles. The number of carbonyl (C=O) groups excluding carboxylic acids is 1. The van der Waals surface area contributed by atoms with Crippen molar-refractivity contribution in [3.05, 3.63) is 35.9 Å². The molecule has 1 aliphatic carbocycles. The summed E-state index contributed by atoms with van der Waals surface area (Å²) in [6.45, 7) is 5.42. The van der Waals surface area contributed by atoms with Gasteiger partial charge in [0.1, 0.15) is 0 Å². The van der Waals surface area contributed by atoms with E-state index < -0.39 is 0 Å². The Morgan fingerprint density at radius 1 is 1.29 bits per heavy atom. The molecule has 3 heteroatoms. The number of benzene rings is 1. The fourth-order valence-electron chi connectivity index (χ4n) is 3.38. The van der Waals surface area contributed by atoms with Crippen LogP contribution in [0.3, 0.4) is 0 Å². The maximum absolute atomic E-state index is 12.7. The van der Waals surface area contributed by atoms with Crippen LogP contribution >= 0.6 is 0 Å². The first-order valence-corrected chi connectivity index (χ1v) is 8.29. The monoisotopic (exact) mass is 286 g/mol. The van der Waals surface area contributed by atoms with E-state index in [4.69, 9.17) is 0 Å². The molecule has 1 heterocycles. The molecule has 4 unspecified atom stereocenters. The summed E-state index contributed by atoms with van der Waals surface area (Å²) in [5.74, 6) is 1.83. The van der Waals surface area contributed by atoms with Gasteiger partial charge in [-0.05, 0) is 36.7 Å². The number of hydrogen-bond donors (Lipinski definition) is 1. The minimum atomic E-state index is -0.0435. The SMILES string of the molecule is CCCC1NC(Cc2ccccc2)C(=O)N1CC1CC1C. The molecule has 0 bridgehead atoms. The molecule has 0 radical (unpaired) electrons. The predicted octanol–water partition coefficient (Wildman–Crippen LogP) is 2.81. The lowest BCUT2D eigenvalue weighted by Gasteiger charge is -2.23. The first kappa shape index (κ1) is 14.6. The normalized spacial score (nSPS) is 31.7. The van der Waals surface area contributed by atoms with Crippen LogP contribution in [-0.4, -0.2) is 29.6 Å². The fraction of sp³-hybridized carbons (Fsp3) is 0.611. The van der Waals surface area contributed by atoms with E-state index in [1.54, 1.807) is 0 Å². The second kappa shape index (κ2) is 6.18. The van der Waals surface area contributed by atoms with E-state index in [-0.39, 0.29) is 12.2 Å². The molecule has 1 aliphatic heterocycles. The Balaban J connectivity index is 1.67. The Morgan fingerprint density at radius 2 is 2.00 bits per heavy atom. The molecular weight excluding hydrogens is 260 g/mol. The molecule has 1 amide bonds. The quantitative estimate of drug-likeness (QED) is 0.872. The predicted molar refractivity (Wildman–Crippen MR) is 84.7 cm³/mol. The minimum Gasteiger partial charge on any atom is -0.325 e. The van der Waals surface area contributed by atoms with Crippen LogP contribution in [0.4, 0.5) is 0 Å². The standard InChI is InChI=1S/C18H26N2O/c1-3-7-17-19-16(11-14-8-5-4-6-9-14)18(21)20(17)12-15-10-13(15)2/h4-6,8-9,13,15-17,19H,3,7,10-12H2,1-2H3. The molecule has 3 rings (SSSR count). The summed E-state index contributed by atoms with van der Waals surface area (Å²) in [5, 5.41) is 3.56. The maximum Gasteiger partial charge on any atom is 0.241 e. The lowest BCUT2D eigenvalue weighted by atomic mass is 10.1. The zero-order valence-corrected chi connectivity index (χ0v) is 13.1. The molecule has 2 fully saturated rings. The summed E-state index contributed by atoms with van der Waals surface area (Å²) < 4.78 is 0. The van der Waals surface area contributed by atoms with E-state index in [2.05, 4.69) is 36.2 Å². The molecule has 21 heavy (non-hydrogen) atoms. The second-order valence-corrected chi connectivity index (χ2v) is 6.68. The molecular formula is C18H26N2O. The van der Waals surface area contributed by atoms with Crippen LogP contribution in [0, 0.1) is 11.8 Å². The molecule has 1 saturated carbocycles. The van der Waals surface area contributed by atoms with Crippen molar-refractivity contribution in [2.75, 3.05) is 6.54 Å². The molecule has 1 saturated heterocycles. The lowest BCUT2D eigenvalue weighted by molar-refractivity contribution is -0.130. The van der Waals surface area contributed by atoms with Crippen LogP contribution in [0.15, 0.2) is 30.3 Å². The van der Waals surface area contributed by atoms with Crippen molar-refractivity contribution < 1.29 is 4.79 Å². The Bertz CT molecular complexity index is 487. The third kappa shape index (κ3) is 3.29. The summed E-state index contributed by atoms with van der Waals surface area (Å²) in [5.41, 5.74) is 1.24. The first-order chi connectivity index (χ1) is 10.2. The molecule has 1 aromatic carbocycles. The zero-order chi connectivity index (χ0) is 14.8. The molecule has 0 spiro atoms. The van der Waals surface area contributed by atoms with Crippen molar-refractivity contribution in [1.82, 2.24) is 10.2 Å². The van der Waals surface area contributed by atoms with Crippen LogP contribution < -0.4 is 5.32 Å². The lowest BCUT2D eigenvalue weighted by Crippen LogP contribution is -2.38. The number of nitrogens with one attached hydrogen (secondary N) is 1. The average molecular weight is 286 g/mol. The fourth-order valence-corrected chi connectivity index (χ4v) is 3.38. The van der Waals surface area contributed by atoms with Crippen molar-refractivity contribution >= 4 is 5.91 Å². The number of rotatable bonds is 6. The van der Waals surface area contributed by atoms with Gasteiger partial charge in [0, 0.05) is 6.54 Å². The van der Waals surface area contributed by atoms with Gasteiger partial charge in [-0.1, -0.05) is 50.6 Å². The Morgan fingerprint density at radius 3 is 2.62 bits per heavy atom. The van der Waals surface area contributed by atoms with Crippen LogP contribution in [0.25, 0.3) is 0 Å². The number of amides is 1. The van der Waals surface area contributed by atoms with Crippen molar-refractivity contribution in [1.29, 1.82) is 0 Å². The van der Waals surface area contributed by atoms with E-state index in [0.29, 0.717) is 5.91 Å². The van der Waals surface area contributed by atoms with Gasteiger partial charge in [-0.15, -0.1) is 0 Å². The van der Waals surface area contributed by atoms with Crippen molar-refractivity contribution in [3.8, 4) is 0 Å². The van der Waals surface area contributed by atoms with E-state index in [1.807, 2.05) is 18.2 Å².